The van der Waals surface area contributed by atoms with Crippen LogP contribution in [0.2, 0.25) is 0 Å². The first-order valence-electron chi connectivity index (χ1n) is 8.61. The van der Waals surface area contributed by atoms with Gasteiger partial charge in [0, 0.05) is 17.0 Å². The number of rotatable bonds is 5. The smallest absolute Gasteiger partial charge is 0.0639 e. The van der Waals surface area contributed by atoms with Crippen LogP contribution in [0.5, 0.6) is 0 Å². The van der Waals surface area contributed by atoms with Crippen LogP contribution < -0.4 is 0 Å². The van der Waals surface area contributed by atoms with E-state index in [1.54, 1.807) is 6.92 Å². The Kier molecular flexibility index (Phi) is 5.23. The summed E-state index contributed by atoms with van der Waals surface area (Å²) >= 11 is 0. The van der Waals surface area contributed by atoms with Crippen molar-refractivity contribution in [3.05, 3.63) is 102 Å². The van der Waals surface area contributed by atoms with Crippen molar-refractivity contribution >= 4 is 17.1 Å². The molecular formula is C24H22N2. The van der Waals surface area contributed by atoms with Crippen molar-refractivity contribution in [2.75, 3.05) is 0 Å². The van der Waals surface area contributed by atoms with Gasteiger partial charge < -0.3 is 5.41 Å². The van der Waals surface area contributed by atoms with Crippen LogP contribution in [0.4, 0.5) is 0 Å². The second-order valence-corrected chi connectivity index (χ2v) is 6.26. The highest BCUT2D eigenvalue weighted by Gasteiger charge is 2.09. The molecule has 0 spiro atoms. The van der Waals surface area contributed by atoms with E-state index in [-0.39, 0.29) is 0 Å². The SMILES string of the molecule is C=C(N=C(C)c1ccccc1)c1ccccc1-c1cccc(C(C)=N)c1. The Balaban J connectivity index is 2.01. The van der Waals surface area contributed by atoms with Gasteiger partial charge in [0.05, 0.1) is 5.70 Å². The second kappa shape index (κ2) is 7.75. The van der Waals surface area contributed by atoms with E-state index in [2.05, 4.69) is 18.7 Å². The Hall–Kier alpha value is -3.26. The van der Waals surface area contributed by atoms with Gasteiger partial charge in [-0.3, -0.25) is 4.99 Å². The summed E-state index contributed by atoms with van der Waals surface area (Å²) in [7, 11) is 0. The van der Waals surface area contributed by atoms with Crippen LogP contribution in [0.3, 0.4) is 0 Å². The molecule has 128 valence electrons. The summed E-state index contributed by atoms with van der Waals surface area (Å²) in [6.45, 7) is 8.01. The first kappa shape index (κ1) is 17.6. The van der Waals surface area contributed by atoms with Crippen molar-refractivity contribution in [3.63, 3.8) is 0 Å². The Bertz CT molecular complexity index is 982. The molecule has 0 saturated carbocycles. The Morgan fingerprint density at radius 1 is 0.808 bits per heavy atom. The first-order chi connectivity index (χ1) is 12.6. The van der Waals surface area contributed by atoms with Gasteiger partial charge in [0.25, 0.3) is 0 Å². The third-order valence-corrected chi connectivity index (χ3v) is 4.34. The van der Waals surface area contributed by atoms with Gasteiger partial charge in [0.2, 0.25) is 0 Å². The van der Waals surface area contributed by atoms with E-state index in [0.29, 0.717) is 5.71 Å². The van der Waals surface area contributed by atoms with Gasteiger partial charge in [-0.2, -0.15) is 0 Å². The van der Waals surface area contributed by atoms with Gasteiger partial charge in [0.1, 0.15) is 0 Å². The zero-order valence-electron chi connectivity index (χ0n) is 15.2. The van der Waals surface area contributed by atoms with Crippen LogP contribution in [0.1, 0.15) is 30.5 Å². The molecule has 2 nitrogen and oxygen atoms in total. The van der Waals surface area contributed by atoms with Crippen molar-refractivity contribution in [1.82, 2.24) is 0 Å². The molecule has 0 aliphatic rings. The largest absolute Gasteiger partial charge is 0.305 e. The fourth-order valence-electron chi connectivity index (χ4n) is 2.91. The maximum atomic E-state index is 7.88. The summed E-state index contributed by atoms with van der Waals surface area (Å²) in [6, 6.07) is 26.3. The molecule has 2 heteroatoms. The number of nitrogens with one attached hydrogen (secondary N) is 1. The molecule has 3 aromatic rings. The highest BCUT2D eigenvalue weighted by molar-refractivity contribution is 6.02. The minimum Gasteiger partial charge on any atom is -0.305 e. The highest BCUT2D eigenvalue weighted by Crippen LogP contribution is 2.30. The lowest BCUT2D eigenvalue weighted by molar-refractivity contribution is 1.44. The van der Waals surface area contributed by atoms with E-state index < -0.39 is 0 Å². The van der Waals surface area contributed by atoms with E-state index in [0.717, 1.165) is 39.2 Å². The van der Waals surface area contributed by atoms with Gasteiger partial charge in [-0.15, -0.1) is 0 Å². The van der Waals surface area contributed by atoms with Crippen LogP contribution in [-0.4, -0.2) is 11.4 Å². The monoisotopic (exact) mass is 338 g/mol. The third-order valence-electron chi connectivity index (χ3n) is 4.34. The fraction of sp³-hybridized carbons (Fsp3) is 0.0833. The minimum absolute atomic E-state index is 0.557. The molecule has 1 N–H and O–H groups in total. The van der Waals surface area contributed by atoms with Crippen LogP contribution in [-0.2, 0) is 0 Å². The molecule has 3 aromatic carbocycles. The summed E-state index contributed by atoms with van der Waals surface area (Å²) in [5.74, 6) is 0. The number of aliphatic imine (C=N–C) groups is 1. The van der Waals surface area contributed by atoms with E-state index in [1.807, 2.05) is 73.7 Å². The third kappa shape index (κ3) is 3.86. The van der Waals surface area contributed by atoms with Crippen LogP contribution >= 0.6 is 0 Å². The molecule has 0 fully saturated rings. The van der Waals surface area contributed by atoms with Crippen LogP contribution in [0, 0.1) is 5.41 Å². The molecule has 0 aliphatic heterocycles. The molecule has 26 heavy (non-hydrogen) atoms. The lowest BCUT2D eigenvalue weighted by Gasteiger charge is -2.12. The zero-order chi connectivity index (χ0) is 18.5. The molecule has 0 radical (unpaired) electrons. The maximum Gasteiger partial charge on any atom is 0.0639 e. The average Bonchev–Trinajstić information content (AvgIpc) is 2.68. The Morgan fingerprint density at radius 3 is 2.19 bits per heavy atom. The predicted molar refractivity (Wildman–Crippen MR) is 112 cm³/mol. The van der Waals surface area contributed by atoms with E-state index >= 15 is 0 Å². The summed E-state index contributed by atoms with van der Waals surface area (Å²) in [6.07, 6.45) is 0. The molecule has 0 bridgehead atoms. The summed E-state index contributed by atoms with van der Waals surface area (Å²) in [5, 5.41) is 7.88. The lowest BCUT2D eigenvalue weighted by atomic mass is 9.96. The molecule has 0 unspecified atom stereocenters. The molecule has 0 saturated heterocycles. The van der Waals surface area contributed by atoms with Crippen molar-refractivity contribution < 1.29 is 0 Å². The van der Waals surface area contributed by atoms with E-state index in [1.165, 1.54) is 0 Å². The predicted octanol–water partition coefficient (Wildman–Crippen LogP) is 6.22. The zero-order valence-corrected chi connectivity index (χ0v) is 15.2. The van der Waals surface area contributed by atoms with Crippen LogP contribution in [0.25, 0.3) is 16.8 Å². The quantitative estimate of drug-likeness (QED) is 0.536. The molecular weight excluding hydrogens is 316 g/mol. The Morgan fingerprint density at radius 2 is 1.46 bits per heavy atom. The molecule has 0 heterocycles. The molecule has 0 amide bonds. The standard InChI is InChI=1S/C24H22N2/c1-17(25)21-12-9-13-22(16-21)24-15-8-7-14-23(24)19(3)26-18(2)20-10-5-4-6-11-20/h4-16,25H,3H2,1-2H3. The van der Waals surface area contributed by atoms with Crippen molar-refractivity contribution in [2.45, 2.75) is 13.8 Å². The summed E-state index contributed by atoms with van der Waals surface area (Å²) in [4.78, 5) is 4.74. The van der Waals surface area contributed by atoms with Gasteiger partial charge in [-0.1, -0.05) is 79.4 Å². The van der Waals surface area contributed by atoms with E-state index in [9.17, 15) is 0 Å². The summed E-state index contributed by atoms with van der Waals surface area (Å²) in [5.41, 5.74) is 7.39. The highest BCUT2D eigenvalue weighted by atomic mass is 14.8. The molecule has 3 rings (SSSR count). The van der Waals surface area contributed by atoms with Crippen molar-refractivity contribution in [2.24, 2.45) is 4.99 Å². The summed E-state index contributed by atoms with van der Waals surface area (Å²) < 4.78 is 0. The fourth-order valence-corrected chi connectivity index (χ4v) is 2.91. The van der Waals surface area contributed by atoms with Crippen molar-refractivity contribution in [3.8, 4) is 11.1 Å². The van der Waals surface area contributed by atoms with Gasteiger partial charge in [-0.25, -0.2) is 0 Å². The van der Waals surface area contributed by atoms with Crippen molar-refractivity contribution in [1.29, 1.82) is 5.41 Å². The number of nitrogens with zero attached hydrogens (tertiary/aromatic N) is 1. The normalized spacial score (nSPS) is 11.2. The van der Waals surface area contributed by atoms with Gasteiger partial charge in [0.15, 0.2) is 0 Å². The second-order valence-electron chi connectivity index (χ2n) is 6.26. The minimum atomic E-state index is 0.557. The number of benzene rings is 3. The van der Waals surface area contributed by atoms with Gasteiger partial charge >= 0.3 is 0 Å². The molecule has 0 atom stereocenters. The number of hydrogen-bond acceptors (Lipinski definition) is 2. The molecule has 0 aromatic heterocycles. The average molecular weight is 338 g/mol. The van der Waals surface area contributed by atoms with Crippen LogP contribution in [0.15, 0.2) is 90.4 Å². The number of hydrogen-bond donors (Lipinski definition) is 1. The van der Waals surface area contributed by atoms with Gasteiger partial charge in [-0.05, 0) is 42.2 Å². The van der Waals surface area contributed by atoms with E-state index in [4.69, 9.17) is 10.4 Å². The molecule has 0 aliphatic carbocycles. The maximum absolute atomic E-state index is 7.88. The Labute approximate surface area is 155 Å². The lowest BCUT2D eigenvalue weighted by Crippen LogP contribution is -1.96. The topological polar surface area (TPSA) is 36.2 Å². The first-order valence-corrected chi connectivity index (χ1v) is 8.61.